The molecule has 0 saturated heterocycles. The lowest BCUT2D eigenvalue weighted by Gasteiger charge is -2.04. The Hall–Kier alpha value is -2.53. The Morgan fingerprint density at radius 1 is 1.12 bits per heavy atom. The summed E-state index contributed by atoms with van der Waals surface area (Å²) in [5.74, 6) is 0. The van der Waals surface area contributed by atoms with Crippen molar-refractivity contribution in [1.82, 2.24) is 15.6 Å². The minimum absolute atomic E-state index is 0.210. The van der Waals surface area contributed by atoms with Crippen molar-refractivity contribution in [3.05, 3.63) is 76.5 Å². The van der Waals surface area contributed by atoms with Crippen molar-refractivity contribution in [2.24, 2.45) is 0 Å². The Kier molecular flexibility index (Phi) is 5.33. The van der Waals surface area contributed by atoms with E-state index in [0.29, 0.717) is 6.54 Å². The van der Waals surface area contributed by atoms with Crippen molar-refractivity contribution < 1.29 is 4.79 Å². The van der Waals surface area contributed by atoms with Crippen LogP contribution in [0.15, 0.2) is 65.4 Å². The number of para-hydroxylation sites is 1. The Balaban J connectivity index is 1.47. The second kappa shape index (κ2) is 7.84. The molecular weight excluding hydrogens is 366 g/mol. The van der Waals surface area contributed by atoms with Crippen LogP contribution in [0, 0.1) is 0 Å². The predicted octanol–water partition coefficient (Wildman–Crippen LogP) is 4.44. The number of fused-ring (bicyclic) bond motifs is 1. The molecule has 0 bridgehead atoms. The van der Waals surface area contributed by atoms with Crippen LogP contribution in [0.1, 0.15) is 11.1 Å². The van der Waals surface area contributed by atoms with Crippen LogP contribution < -0.4 is 10.6 Å². The molecule has 5 heteroatoms. The number of aromatic nitrogens is 1. The highest BCUT2D eigenvalue weighted by Gasteiger charge is 2.03. The largest absolute Gasteiger partial charge is 0.361 e. The first kappa shape index (κ1) is 16.3. The van der Waals surface area contributed by atoms with Crippen molar-refractivity contribution >= 4 is 38.9 Å². The van der Waals surface area contributed by atoms with Gasteiger partial charge in [-0.25, -0.2) is 4.79 Å². The Labute approximate surface area is 149 Å². The number of H-pyrrole nitrogens is 1. The molecule has 3 aromatic rings. The maximum absolute atomic E-state index is 11.8. The smallest absolute Gasteiger partial charge is 0.318 e. The lowest BCUT2D eigenvalue weighted by Crippen LogP contribution is -2.33. The molecule has 0 radical (unpaired) electrons. The third-order valence-electron chi connectivity index (χ3n) is 3.74. The minimum Gasteiger partial charge on any atom is -0.361 e. The standard InChI is InChI=1S/C19H18BrN3O/c20-17-7-3-1-5-14(17)9-11-21-19(24)22-12-10-15-13-23-18-8-4-2-6-16(15)18/h1-9,11,13,23H,10,12H2,(H2,21,22,24)/b11-9+. The Bertz CT molecular complexity index is 870. The highest BCUT2D eigenvalue weighted by atomic mass is 79.9. The molecule has 0 aliphatic carbocycles. The van der Waals surface area contributed by atoms with Crippen molar-refractivity contribution in [2.75, 3.05) is 6.54 Å². The van der Waals surface area contributed by atoms with Crippen molar-refractivity contribution in [1.29, 1.82) is 0 Å². The monoisotopic (exact) mass is 383 g/mol. The van der Waals surface area contributed by atoms with E-state index in [0.717, 1.165) is 22.0 Å². The molecule has 0 unspecified atom stereocenters. The molecule has 0 aliphatic rings. The van der Waals surface area contributed by atoms with E-state index >= 15 is 0 Å². The molecule has 1 aromatic heterocycles. The van der Waals surface area contributed by atoms with Gasteiger partial charge in [-0.3, -0.25) is 0 Å². The molecule has 3 N–H and O–H groups in total. The van der Waals surface area contributed by atoms with Gasteiger partial charge in [0.05, 0.1) is 0 Å². The summed E-state index contributed by atoms with van der Waals surface area (Å²) in [5, 5.41) is 6.78. The van der Waals surface area contributed by atoms with Gasteiger partial charge in [0, 0.05) is 34.3 Å². The van der Waals surface area contributed by atoms with Crippen molar-refractivity contribution in [3.8, 4) is 0 Å². The molecule has 2 amide bonds. The van der Waals surface area contributed by atoms with E-state index in [2.05, 4.69) is 37.6 Å². The molecular formula is C19H18BrN3O. The number of hydrogen-bond donors (Lipinski definition) is 3. The number of aromatic amines is 1. The fourth-order valence-electron chi connectivity index (χ4n) is 2.52. The van der Waals surface area contributed by atoms with Gasteiger partial charge < -0.3 is 15.6 Å². The number of benzene rings is 2. The van der Waals surface area contributed by atoms with Crippen LogP contribution in [0.4, 0.5) is 4.79 Å². The number of urea groups is 1. The molecule has 0 spiro atoms. The molecule has 0 atom stereocenters. The zero-order chi connectivity index (χ0) is 16.8. The van der Waals surface area contributed by atoms with Crippen LogP contribution in [0.25, 0.3) is 17.0 Å². The highest BCUT2D eigenvalue weighted by Crippen LogP contribution is 2.18. The van der Waals surface area contributed by atoms with E-state index in [1.54, 1.807) is 6.20 Å². The van der Waals surface area contributed by atoms with Crippen molar-refractivity contribution in [3.63, 3.8) is 0 Å². The van der Waals surface area contributed by atoms with Crippen LogP contribution in [-0.4, -0.2) is 17.6 Å². The van der Waals surface area contributed by atoms with E-state index in [9.17, 15) is 4.79 Å². The molecule has 2 aromatic carbocycles. The fraction of sp³-hybridized carbons (Fsp3) is 0.105. The van der Waals surface area contributed by atoms with Gasteiger partial charge in [0.2, 0.25) is 0 Å². The topological polar surface area (TPSA) is 56.9 Å². The number of nitrogens with one attached hydrogen (secondary N) is 3. The van der Waals surface area contributed by atoms with Crippen LogP contribution >= 0.6 is 15.9 Å². The SMILES string of the molecule is O=C(N/C=C/c1ccccc1Br)NCCc1c[nH]c2ccccc12. The quantitative estimate of drug-likeness (QED) is 0.599. The molecule has 122 valence electrons. The number of carbonyl (C=O) groups excluding carboxylic acids is 1. The third kappa shape index (κ3) is 4.06. The number of halogens is 1. The maximum atomic E-state index is 11.8. The van der Waals surface area contributed by atoms with Gasteiger partial charge in [0.15, 0.2) is 0 Å². The first-order valence-electron chi connectivity index (χ1n) is 7.74. The maximum Gasteiger partial charge on any atom is 0.318 e. The number of carbonyl (C=O) groups is 1. The summed E-state index contributed by atoms with van der Waals surface area (Å²) >= 11 is 3.46. The summed E-state index contributed by atoms with van der Waals surface area (Å²) in [7, 11) is 0. The zero-order valence-corrected chi connectivity index (χ0v) is 14.6. The molecule has 1 heterocycles. The average molecular weight is 384 g/mol. The number of rotatable bonds is 5. The molecule has 3 rings (SSSR count). The van der Waals surface area contributed by atoms with E-state index in [1.807, 2.05) is 54.7 Å². The third-order valence-corrected chi connectivity index (χ3v) is 4.46. The van der Waals surface area contributed by atoms with Crippen LogP contribution in [-0.2, 0) is 6.42 Å². The summed E-state index contributed by atoms with van der Waals surface area (Å²) in [6, 6.07) is 15.8. The Morgan fingerprint density at radius 3 is 2.79 bits per heavy atom. The number of amides is 2. The summed E-state index contributed by atoms with van der Waals surface area (Å²) in [4.78, 5) is 15.1. The first-order valence-corrected chi connectivity index (χ1v) is 8.54. The zero-order valence-electron chi connectivity index (χ0n) is 13.1. The number of hydrogen-bond acceptors (Lipinski definition) is 1. The van der Waals surface area contributed by atoms with Gasteiger partial charge in [-0.2, -0.15) is 0 Å². The highest BCUT2D eigenvalue weighted by molar-refractivity contribution is 9.10. The van der Waals surface area contributed by atoms with Crippen LogP contribution in [0.5, 0.6) is 0 Å². The lowest BCUT2D eigenvalue weighted by molar-refractivity contribution is 0.244. The van der Waals surface area contributed by atoms with Gasteiger partial charge in [0.1, 0.15) is 0 Å². The predicted molar refractivity (Wildman–Crippen MR) is 102 cm³/mol. The first-order chi connectivity index (χ1) is 11.7. The molecule has 0 saturated carbocycles. The van der Waals surface area contributed by atoms with E-state index in [1.165, 1.54) is 10.9 Å². The van der Waals surface area contributed by atoms with Gasteiger partial charge in [0.25, 0.3) is 0 Å². The normalized spacial score (nSPS) is 11.0. The lowest BCUT2D eigenvalue weighted by atomic mass is 10.1. The average Bonchev–Trinajstić information content (AvgIpc) is 3.00. The second-order valence-corrected chi connectivity index (χ2v) is 6.22. The van der Waals surface area contributed by atoms with E-state index in [4.69, 9.17) is 0 Å². The van der Waals surface area contributed by atoms with Gasteiger partial charge in [-0.15, -0.1) is 0 Å². The van der Waals surface area contributed by atoms with Gasteiger partial charge >= 0.3 is 6.03 Å². The molecule has 0 aliphatic heterocycles. The summed E-state index contributed by atoms with van der Waals surface area (Å²) < 4.78 is 0.989. The van der Waals surface area contributed by atoms with Crippen LogP contribution in [0.2, 0.25) is 0 Å². The van der Waals surface area contributed by atoms with E-state index in [-0.39, 0.29) is 6.03 Å². The van der Waals surface area contributed by atoms with Crippen molar-refractivity contribution in [2.45, 2.75) is 6.42 Å². The molecule has 0 fully saturated rings. The van der Waals surface area contributed by atoms with Crippen LogP contribution in [0.3, 0.4) is 0 Å². The fourth-order valence-corrected chi connectivity index (χ4v) is 2.93. The minimum atomic E-state index is -0.210. The summed E-state index contributed by atoms with van der Waals surface area (Å²) in [5.41, 5.74) is 3.33. The summed E-state index contributed by atoms with van der Waals surface area (Å²) in [6.45, 7) is 0.580. The Morgan fingerprint density at radius 2 is 1.92 bits per heavy atom. The van der Waals surface area contributed by atoms with Gasteiger partial charge in [-0.1, -0.05) is 52.3 Å². The van der Waals surface area contributed by atoms with Gasteiger partial charge in [-0.05, 0) is 35.8 Å². The second-order valence-electron chi connectivity index (χ2n) is 5.36. The van der Waals surface area contributed by atoms with E-state index < -0.39 is 0 Å². The molecule has 4 nitrogen and oxygen atoms in total. The summed E-state index contributed by atoms with van der Waals surface area (Å²) in [6.07, 6.45) is 6.27. The molecule has 24 heavy (non-hydrogen) atoms.